The number of carbonyl (C=O) groups excluding carboxylic acids is 2. The minimum atomic E-state index is -0.180. The van der Waals surface area contributed by atoms with Crippen molar-refractivity contribution in [2.24, 2.45) is 5.92 Å². The van der Waals surface area contributed by atoms with E-state index in [0.717, 1.165) is 31.4 Å². The van der Waals surface area contributed by atoms with Gasteiger partial charge in [-0.3, -0.25) is 9.59 Å². The fraction of sp³-hybridized carbons (Fsp3) is 0.529. The molecule has 0 saturated heterocycles. The van der Waals surface area contributed by atoms with E-state index in [4.69, 9.17) is 4.74 Å². The largest absolute Gasteiger partial charge is 0.492 e. The van der Waals surface area contributed by atoms with Crippen molar-refractivity contribution >= 4 is 11.8 Å². The molecule has 1 aromatic rings. The Morgan fingerprint density at radius 2 is 1.77 bits per heavy atom. The van der Waals surface area contributed by atoms with Crippen molar-refractivity contribution in [1.82, 2.24) is 10.6 Å². The van der Waals surface area contributed by atoms with E-state index in [1.807, 2.05) is 30.3 Å². The van der Waals surface area contributed by atoms with Gasteiger partial charge >= 0.3 is 0 Å². The fourth-order valence-electron chi connectivity index (χ4n) is 2.62. The van der Waals surface area contributed by atoms with Crippen molar-refractivity contribution in [2.75, 3.05) is 19.7 Å². The third-order valence-corrected chi connectivity index (χ3v) is 3.84. The van der Waals surface area contributed by atoms with Gasteiger partial charge in [-0.05, 0) is 25.0 Å². The molecule has 1 fully saturated rings. The third kappa shape index (κ3) is 5.76. The first-order valence-electron chi connectivity index (χ1n) is 7.98. The van der Waals surface area contributed by atoms with Gasteiger partial charge in [-0.15, -0.1) is 0 Å². The molecule has 120 valence electrons. The molecule has 1 aliphatic carbocycles. The molecule has 2 N–H and O–H groups in total. The fourth-order valence-corrected chi connectivity index (χ4v) is 2.62. The van der Waals surface area contributed by atoms with Crippen LogP contribution in [-0.4, -0.2) is 31.5 Å². The summed E-state index contributed by atoms with van der Waals surface area (Å²) in [5, 5.41) is 5.45. The van der Waals surface area contributed by atoms with E-state index in [2.05, 4.69) is 10.6 Å². The maximum absolute atomic E-state index is 11.9. The third-order valence-electron chi connectivity index (χ3n) is 3.84. The summed E-state index contributed by atoms with van der Waals surface area (Å²) in [6, 6.07) is 9.45. The summed E-state index contributed by atoms with van der Waals surface area (Å²) in [4.78, 5) is 23.6. The van der Waals surface area contributed by atoms with Gasteiger partial charge in [-0.25, -0.2) is 0 Å². The van der Waals surface area contributed by atoms with Crippen LogP contribution in [0.25, 0.3) is 0 Å². The van der Waals surface area contributed by atoms with Crippen LogP contribution in [0.4, 0.5) is 0 Å². The zero-order chi connectivity index (χ0) is 15.6. The molecule has 0 atom stereocenters. The van der Waals surface area contributed by atoms with Gasteiger partial charge in [0, 0.05) is 5.92 Å². The molecule has 0 aliphatic heterocycles. The van der Waals surface area contributed by atoms with Crippen LogP contribution in [0.15, 0.2) is 30.3 Å². The smallest absolute Gasteiger partial charge is 0.239 e. The topological polar surface area (TPSA) is 67.4 Å². The Morgan fingerprint density at radius 1 is 1.05 bits per heavy atom. The number of rotatable bonds is 7. The highest BCUT2D eigenvalue weighted by Crippen LogP contribution is 2.23. The highest BCUT2D eigenvalue weighted by Gasteiger charge is 2.21. The second-order valence-corrected chi connectivity index (χ2v) is 5.56. The Balaban J connectivity index is 1.55. The van der Waals surface area contributed by atoms with Gasteiger partial charge in [0.05, 0.1) is 13.1 Å². The van der Waals surface area contributed by atoms with Crippen LogP contribution in [0.1, 0.15) is 32.1 Å². The Bertz CT molecular complexity index is 470. The number of hydrogen-bond donors (Lipinski definition) is 2. The van der Waals surface area contributed by atoms with E-state index in [1.165, 1.54) is 6.42 Å². The average molecular weight is 304 g/mol. The van der Waals surface area contributed by atoms with E-state index in [1.54, 1.807) is 0 Å². The van der Waals surface area contributed by atoms with Gasteiger partial charge in [-0.2, -0.15) is 0 Å². The molecule has 22 heavy (non-hydrogen) atoms. The standard InChI is InChI=1S/C17H24N2O3/c20-16(13-19-17(21)14-7-3-1-4-8-14)18-11-12-22-15-9-5-2-6-10-15/h2,5-6,9-10,14H,1,3-4,7-8,11-13H2,(H,18,20)(H,19,21). The Kier molecular flexibility index (Phi) is 6.74. The van der Waals surface area contributed by atoms with Gasteiger partial charge in [0.25, 0.3) is 0 Å². The summed E-state index contributed by atoms with van der Waals surface area (Å²) in [5.74, 6) is 0.696. The second kappa shape index (κ2) is 9.07. The molecule has 0 heterocycles. The molecule has 1 aliphatic rings. The Morgan fingerprint density at radius 3 is 2.50 bits per heavy atom. The first-order valence-corrected chi connectivity index (χ1v) is 7.98. The lowest BCUT2D eigenvalue weighted by atomic mass is 9.89. The van der Waals surface area contributed by atoms with Gasteiger partial charge in [0.15, 0.2) is 0 Å². The predicted molar refractivity (Wildman–Crippen MR) is 84.5 cm³/mol. The highest BCUT2D eigenvalue weighted by atomic mass is 16.5. The van der Waals surface area contributed by atoms with Crippen LogP contribution < -0.4 is 15.4 Å². The Labute approximate surface area is 131 Å². The molecule has 0 spiro atoms. The second-order valence-electron chi connectivity index (χ2n) is 5.56. The first-order chi connectivity index (χ1) is 10.8. The summed E-state index contributed by atoms with van der Waals surface area (Å²) in [7, 11) is 0. The summed E-state index contributed by atoms with van der Waals surface area (Å²) >= 11 is 0. The number of hydrogen-bond acceptors (Lipinski definition) is 3. The van der Waals surface area contributed by atoms with E-state index in [0.29, 0.717) is 13.2 Å². The summed E-state index contributed by atoms with van der Waals surface area (Å²) < 4.78 is 5.48. The number of para-hydroxylation sites is 1. The highest BCUT2D eigenvalue weighted by molar-refractivity contribution is 5.85. The molecule has 0 bridgehead atoms. The average Bonchev–Trinajstić information content (AvgIpc) is 2.58. The number of ether oxygens (including phenoxy) is 1. The van der Waals surface area contributed by atoms with Crippen LogP contribution >= 0.6 is 0 Å². The molecule has 1 aromatic carbocycles. The van der Waals surface area contributed by atoms with Gasteiger partial charge in [0.2, 0.25) is 11.8 Å². The van der Waals surface area contributed by atoms with Crippen molar-refractivity contribution in [3.05, 3.63) is 30.3 Å². The van der Waals surface area contributed by atoms with Gasteiger partial charge < -0.3 is 15.4 Å². The summed E-state index contributed by atoms with van der Waals surface area (Å²) in [6.07, 6.45) is 5.32. The monoisotopic (exact) mass is 304 g/mol. The maximum Gasteiger partial charge on any atom is 0.239 e. The molecule has 0 aromatic heterocycles. The quantitative estimate of drug-likeness (QED) is 0.756. The summed E-state index contributed by atoms with van der Waals surface area (Å²) in [5.41, 5.74) is 0. The van der Waals surface area contributed by atoms with E-state index in [-0.39, 0.29) is 24.3 Å². The zero-order valence-electron chi connectivity index (χ0n) is 12.8. The molecular weight excluding hydrogens is 280 g/mol. The first kappa shape index (κ1) is 16.3. The normalized spacial score (nSPS) is 15.1. The molecule has 5 heteroatoms. The number of carbonyl (C=O) groups is 2. The molecule has 5 nitrogen and oxygen atoms in total. The SMILES string of the molecule is O=C(CNC(=O)C1CCCCC1)NCCOc1ccccc1. The van der Waals surface area contributed by atoms with E-state index >= 15 is 0 Å². The van der Waals surface area contributed by atoms with Crippen LogP contribution in [0.2, 0.25) is 0 Å². The van der Waals surface area contributed by atoms with E-state index in [9.17, 15) is 9.59 Å². The molecular formula is C17H24N2O3. The van der Waals surface area contributed by atoms with Crippen molar-refractivity contribution < 1.29 is 14.3 Å². The minimum absolute atomic E-state index is 0.00962. The van der Waals surface area contributed by atoms with Crippen molar-refractivity contribution in [3.8, 4) is 5.75 Å². The van der Waals surface area contributed by atoms with Crippen molar-refractivity contribution in [2.45, 2.75) is 32.1 Å². The molecule has 1 saturated carbocycles. The molecule has 0 radical (unpaired) electrons. The van der Waals surface area contributed by atoms with Crippen molar-refractivity contribution in [1.29, 1.82) is 0 Å². The van der Waals surface area contributed by atoms with Crippen molar-refractivity contribution in [3.63, 3.8) is 0 Å². The van der Waals surface area contributed by atoms with E-state index < -0.39 is 0 Å². The van der Waals surface area contributed by atoms with Gasteiger partial charge in [0.1, 0.15) is 12.4 Å². The number of amides is 2. The number of nitrogens with one attached hydrogen (secondary N) is 2. The molecule has 2 rings (SSSR count). The Hall–Kier alpha value is -2.04. The minimum Gasteiger partial charge on any atom is -0.492 e. The van der Waals surface area contributed by atoms with Crippen LogP contribution in [-0.2, 0) is 9.59 Å². The number of benzene rings is 1. The van der Waals surface area contributed by atoms with Crippen LogP contribution in [0.3, 0.4) is 0 Å². The summed E-state index contributed by atoms with van der Waals surface area (Å²) in [6.45, 7) is 0.875. The zero-order valence-corrected chi connectivity index (χ0v) is 12.8. The van der Waals surface area contributed by atoms with Crippen LogP contribution in [0.5, 0.6) is 5.75 Å². The lowest BCUT2D eigenvalue weighted by molar-refractivity contribution is -0.129. The van der Waals surface area contributed by atoms with Crippen LogP contribution in [0, 0.1) is 5.92 Å². The lowest BCUT2D eigenvalue weighted by Crippen LogP contribution is -2.41. The molecule has 0 unspecified atom stereocenters. The predicted octanol–water partition coefficient (Wildman–Crippen LogP) is 1.88. The maximum atomic E-state index is 11.9. The lowest BCUT2D eigenvalue weighted by Gasteiger charge is -2.20. The van der Waals surface area contributed by atoms with Gasteiger partial charge in [-0.1, -0.05) is 37.5 Å². The molecule has 2 amide bonds.